The third-order valence-electron chi connectivity index (χ3n) is 2.52. The van der Waals surface area contributed by atoms with E-state index in [1.807, 2.05) is 0 Å². The molecular formula is C12H18IN3. The smallest absolute Gasteiger partial charge is 0.193 e. The zero-order chi connectivity index (χ0) is 10.8. The normalized spacial score (nSPS) is 15.5. The molecule has 2 rings (SSSR count). The summed E-state index contributed by atoms with van der Waals surface area (Å²) in [6.07, 6.45) is 2.35. The Labute approximate surface area is 114 Å². The summed E-state index contributed by atoms with van der Waals surface area (Å²) >= 11 is 0. The van der Waals surface area contributed by atoms with E-state index in [4.69, 9.17) is 5.73 Å². The minimum Gasteiger partial charge on any atom is -0.370 e. The molecule has 0 bridgehead atoms. The van der Waals surface area contributed by atoms with E-state index in [1.54, 1.807) is 0 Å². The van der Waals surface area contributed by atoms with Crippen LogP contribution >= 0.6 is 24.0 Å². The highest BCUT2D eigenvalue weighted by molar-refractivity contribution is 14.0. The Morgan fingerprint density at radius 3 is 2.69 bits per heavy atom. The number of nitrogens with zero attached hydrogens (tertiary/aromatic N) is 1. The average Bonchev–Trinajstić information content (AvgIpc) is 2.95. The molecule has 1 saturated carbocycles. The van der Waals surface area contributed by atoms with E-state index in [0.29, 0.717) is 12.0 Å². The summed E-state index contributed by atoms with van der Waals surface area (Å²) in [6, 6.07) is 6.73. The van der Waals surface area contributed by atoms with E-state index in [9.17, 15) is 0 Å². The fourth-order valence-electron chi connectivity index (χ4n) is 1.44. The first kappa shape index (κ1) is 13.3. The fourth-order valence-corrected chi connectivity index (χ4v) is 1.44. The molecule has 16 heavy (non-hydrogen) atoms. The topological polar surface area (TPSA) is 50.4 Å². The highest BCUT2D eigenvalue weighted by Crippen LogP contribution is 2.23. The first-order valence-corrected chi connectivity index (χ1v) is 5.33. The van der Waals surface area contributed by atoms with Crippen molar-refractivity contribution in [3.8, 4) is 0 Å². The lowest BCUT2D eigenvalue weighted by Gasteiger charge is -2.09. The van der Waals surface area contributed by atoms with Gasteiger partial charge in [-0.1, -0.05) is 12.1 Å². The maximum Gasteiger partial charge on any atom is 0.193 e. The monoisotopic (exact) mass is 331 g/mol. The van der Waals surface area contributed by atoms with Gasteiger partial charge in [-0.2, -0.15) is 0 Å². The number of aryl methyl sites for hydroxylation is 2. The van der Waals surface area contributed by atoms with Gasteiger partial charge in [0.05, 0.1) is 6.04 Å². The van der Waals surface area contributed by atoms with Crippen LogP contribution in [0.1, 0.15) is 24.0 Å². The molecule has 0 aromatic heterocycles. The lowest BCUT2D eigenvalue weighted by atomic mass is 10.1. The molecule has 0 amide bonds. The summed E-state index contributed by atoms with van der Waals surface area (Å²) in [7, 11) is 0. The Bertz CT molecular complexity index is 397. The number of benzene rings is 1. The van der Waals surface area contributed by atoms with Crippen molar-refractivity contribution in [1.82, 2.24) is 0 Å². The number of hydrogen-bond acceptors (Lipinski definition) is 1. The predicted octanol–water partition coefficient (Wildman–Crippen LogP) is 2.81. The summed E-state index contributed by atoms with van der Waals surface area (Å²) < 4.78 is 0. The second kappa shape index (κ2) is 5.52. The van der Waals surface area contributed by atoms with E-state index in [-0.39, 0.29) is 24.0 Å². The van der Waals surface area contributed by atoms with Crippen LogP contribution in [0.2, 0.25) is 0 Å². The van der Waals surface area contributed by atoms with Crippen molar-refractivity contribution in [3.05, 3.63) is 29.3 Å². The Hall–Kier alpha value is -0.780. The van der Waals surface area contributed by atoms with Crippen LogP contribution in [-0.2, 0) is 0 Å². The van der Waals surface area contributed by atoms with Gasteiger partial charge in [-0.3, -0.25) is 0 Å². The highest BCUT2D eigenvalue weighted by Gasteiger charge is 2.20. The Morgan fingerprint density at radius 1 is 1.38 bits per heavy atom. The van der Waals surface area contributed by atoms with Gasteiger partial charge >= 0.3 is 0 Å². The summed E-state index contributed by atoms with van der Waals surface area (Å²) in [5.74, 6) is 0.534. The lowest BCUT2D eigenvalue weighted by molar-refractivity contribution is 1.06. The minimum absolute atomic E-state index is 0. The number of aliphatic imine (C=N–C) groups is 1. The molecule has 3 N–H and O–H groups in total. The summed E-state index contributed by atoms with van der Waals surface area (Å²) in [5.41, 5.74) is 9.27. The van der Waals surface area contributed by atoms with Gasteiger partial charge in [0.25, 0.3) is 0 Å². The molecule has 3 nitrogen and oxygen atoms in total. The first-order chi connectivity index (χ1) is 7.15. The Kier molecular flexibility index (Phi) is 4.58. The molecule has 0 radical (unpaired) electrons. The molecular weight excluding hydrogens is 313 g/mol. The van der Waals surface area contributed by atoms with Gasteiger partial charge in [0.2, 0.25) is 0 Å². The largest absolute Gasteiger partial charge is 0.370 e. The molecule has 0 saturated heterocycles. The minimum atomic E-state index is 0. The third kappa shape index (κ3) is 3.66. The number of rotatable bonds is 2. The van der Waals surface area contributed by atoms with Gasteiger partial charge in [0.15, 0.2) is 5.96 Å². The molecule has 88 valence electrons. The second-order valence-electron chi connectivity index (χ2n) is 4.19. The molecule has 1 aromatic rings. The molecule has 0 aliphatic heterocycles. The van der Waals surface area contributed by atoms with Crippen LogP contribution in [-0.4, -0.2) is 12.0 Å². The Morgan fingerprint density at radius 2 is 2.06 bits per heavy atom. The van der Waals surface area contributed by atoms with Crippen molar-refractivity contribution < 1.29 is 0 Å². The van der Waals surface area contributed by atoms with Crippen LogP contribution in [0.25, 0.3) is 0 Å². The van der Waals surface area contributed by atoms with Gasteiger partial charge in [0, 0.05) is 5.69 Å². The molecule has 4 heteroatoms. The summed E-state index contributed by atoms with van der Waals surface area (Å²) in [5, 5.41) is 3.15. The van der Waals surface area contributed by atoms with Crippen molar-refractivity contribution in [3.63, 3.8) is 0 Å². The van der Waals surface area contributed by atoms with Crippen molar-refractivity contribution in [1.29, 1.82) is 0 Å². The highest BCUT2D eigenvalue weighted by atomic mass is 127. The fraction of sp³-hybridized carbons (Fsp3) is 0.417. The average molecular weight is 331 g/mol. The quantitative estimate of drug-likeness (QED) is 0.497. The number of guanidine groups is 1. The molecule has 0 unspecified atom stereocenters. The van der Waals surface area contributed by atoms with Crippen molar-refractivity contribution in [2.24, 2.45) is 10.7 Å². The van der Waals surface area contributed by atoms with E-state index in [1.165, 1.54) is 24.0 Å². The maximum atomic E-state index is 5.80. The van der Waals surface area contributed by atoms with Crippen LogP contribution < -0.4 is 11.1 Å². The van der Waals surface area contributed by atoms with Crippen LogP contribution in [0.15, 0.2) is 23.2 Å². The van der Waals surface area contributed by atoms with Gasteiger partial charge < -0.3 is 11.1 Å². The number of anilines is 1. The SMILES string of the molecule is Cc1ccc(C)c(NC(N)=NC2CC2)c1.I. The molecule has 1 fully saturated rings. The van der Waals surface area contributed by atoms with Crippen molar-refractivity contribution in [2.75, 3.05) is 5.32 Å². The van der Waals surface area contributed by atoms with Gasteiger partial charge in [-0.15, -0.1) is 24.0 Å². The molecule has 0 spiro atoms. The van der Waals surface area contributed by atoms with Crippen LogP contribution in [0.4, 0.5) is 5.69 Å². The number of nitrogens with two attached hydrogens (primary N) is 1. The first-order valence-electron chi connectivity index (χ1n) is 5.33. The number of hydrogen-bond donors (Lipinski definition) is 2. The molecule has 1 aliphatic rings. The van der Waals surface area contributed by atoms with Gasteiger partial charge in [-0.25, -0.2) is 4.99 Å². The van der Waals surface area contributed by atoms with Crippen LogP contribution in [0, 0.1) is 13.8 Å². The predicted molar refractivity (Wildman–Crippen MR) is 79.6 cm³/mol. The Balaban J connectivity index is 0.00000128. The van der Waals surface area contributed by atoms with Crippen molar-refractivity contribution >= 4 is 35.6 Å². The zero-order valence-electron chi connectivity index (χ0n) is 9.66. The lowest BCUT2D eigenvalue weighted by Crippen LogP contribution is -2.23. The zero-order valence-corrected chi connectivity index (χ0v) is 12.0. The standard InChI is InChI=1S/C12H17N3.HI/c1-8-3-4-9(2)11(7-8)15-12(13)14-10-5-6-10;/h3-4,7,10H,5-6H2,1-2H3,(H3,13,14,15);1H. The van der Waals surface area contributed by atoms with Gasteiger partial charge in [-0.05, 0) is 43.9 Å². The van der Waals surface area contributed by atoms with E-state index < -0.39 is 0 Å². The molecule has 0 heterocycles. The molecule has 0 atom stereocenters. The summed E-state index contributed by atoms with van der Waals surface area (Å²) in [4.78, 5) is 4.34. The third-order valence-corrected chi connectivity index (χ3v) is 2.52. The van der Waals surface area contributed by atoms with Gasteiger partial charge in [0.1, 0.15) is 0 Å². The van der Waals surface area contributed by atoms with Crippen molar-refractivity contribution in [2.45, 2.75) is 32.7 Å². The van der Waals surface area contributed by atoms with E-state index >= 15 is 0 Å². The van der Waals surface area contributed by atoms with E-state index in [2.05, 4.69) is 42.4 Å². The summed E-state index contributed by atoms with van der Waals surface area (Å²) in [6.45, 7) is 4.13. The molecule has 1 aromatic carbocycles. The maximum absolute atomic E-state index is 5.80. The van der Waals surface area contributed by atoms with E-state index in [0.717, 1.165) is 5.69 Å². The van der Waals surface area contributed by atoms with Crippen LogP contribution in [0.5, 0.6) is 0 Å². The number of halogens is 1. The molecule has 1 aliphatic carbocycles. The van der Waals surface area contributed by atoms with Crippen LogP contribution in [0.3, 0.4) is 0 Å². The number of nitrogens with one attached hydrogen (secondary N) is 1. The second-order valence-corrected chi connectivity index (χ2v) is 4.19.